The van der Waals surface area contributed by atoms with Gasteiger partial charge in [-0.05, 0) is 13.0 Å². The van der Waals surface area contributed by atoms with Gasteiger partial charge in [0.2, 0.25) is 0 Å². The zero-order valence-electron chi connectivity index (χ0n) is 9.81. The largest absolute Gasteiger partial charge is 0.494 e. The van der Waals surface area contributed by atoms with E-state index in [9.17, 15) is 4.79 Å². The van der Waals surface area contributed by atoms with Crippen molar-refractivity contribution >= 4 is 5.78 Å². The van der Waals surface area contributed by atoms with E-state index in [4.69, 9.17) is 4.74 Å². The third-order valence-electron chi connectivity index (χ3n) is 2.56. The number of aromatic nitrogens is 1. The number of pyridine rings is 1. The minimum Gasteiger partial charge on any atom is -0.494 e. The van der Waals surface area contributed by atoms with Gasteiger partial charge in [-0.15, -0.1) is 0 Å². The van der Waals surface area contributed by atoms with Gasteiger partial charge in [0.1, 0.15) is 5.75 Å². The summed E-state index contributed by atoms with van der Waals surface area (Å²) >= 11 is 0. The molecule has 0 radical (unpaired) electrons. The number of carbonyl (C=O) groups excluding carboxylic acids is 1. The number of rotatable bonds is 3. The molecule has 0 fully saturated rings. The Labute approximate surface area is 100 Å². The fourth-order valence-corrected chi connectivity index (χ4v) is 1.59. The summed E-state index contributed by atoms with van der Waals surface area (Å²) in [4.78, 5) is 16.2. The summed E-state index contributed by atoms with van der Waals surface area (Å²) in [5.74, 6) is 0.447. The van der Waals surface area contributed by atoms with Crippen molar-refractivity contribution in [2.45, 2.75) is 6.92 Å². The average Bonchev–Trinajstić information content (AvgIpc) is 2.39. The lowest BCUT2D eigenvalue weighted by Crippen LogP contribution is -2.04. The van der Waals surface area contributed by atoms with Crippen LogP contribution in [0.1, 0.15) is 21.5 Å². The Morgan fingerprint density at radius 3 is 2.53 bits per heavy atom. The second-order valence-corrected chi connectivity index (χ2v) is 3.77. The molecule has 2 rings (SSSR count). The zero-order valence-corrected chi connectivity index (χ0v) is 9.81. The second-order valence-electron chi connectivity index (χ2n) is 3.77. The summed E-state index contributed by atoms with van der Waals surface area (Å²) in [5.41, 5.74) is 2.31. The summed E-state index contributed by atoms with van der Waals surface area (Å²) < 4.78 is 5.13. The maximum absolute atomic E-state index is 12.2. The molecule has 0 atom stereocenters. The molecule has 3 heteroatoms. The molecule has 17 heavy (non-hydrogen) atoms. The third kappa shape index (κ3) is 2.33. The molecule has 0 aliphatic rings. The Morgan fingerprint density at radius 2 is 1.88 bits per heavy atom. The fraction of sp³-hybridized carbons (Fsp3) is 0.143. The average molecular weight is 227 g/mol. The van der Waals surface area contributed by atoms with E-state index >= 15 is 0 Å². The van der Waals surface area contributed by atoms with E-state index in [2.05, 4.69) is 4.98 Å². The molecule has 0 aliphatic heterocycles. The molecule has 0 spiro atoms. The molecule has 0 saturated heterocycles. The minimum absolute atomic E-state index is 0.0516. The smallest absolute Gasteiger partial charge is 0.196 e. The van der Waals surface area contributed by atoms with Crippen LogP contribution in [0.2, 0.25) is 0 Å². The first-order valence-corrected chi connectivity index (χ1v) is 5.31. The molecule has 1 heterocycles. The number of nitrogens with zero attached hydrogens (tertiary/aromatic N) is 1. The molecular formula is C14H13NO2. The van der Waals surface area contributed by atoms with Gasteiger partial charge in [0.25, 0.3) is 0 Å². The van der Waals surface area contributed by atoms with Crippen molar-refractivity contribution < 1.29 is 9.53 Å². The first kappa shape index (κ1) is 11.3. The lowest BCUT2D eigenvalue weighted by atomic mass is 10.0. The van der Waals surface area contributed by atoms with E-state index in [0.717, 1.165) is 5.56 Å². The number of ether oxygens (including phenoxy) is 1. The highest BCUT2D eigenvalue weighted by Gasteiger charge is 2.13. The van der Waals surface area contributed by atoms with Crippen LogP contribution in [0.15, 0.2) is 42.7 Å². The van der Waals surface area contributed by atoms with E-state index in [1.54, 1.807) is 18.5 Å². The Balaban J connectivity index is 2.40. The topological polar surface area (TPSA) is 39.2 Å². The number of carbonyl (C=O) groups is 1. The number of hydrogen-bond donors (Lipinski definition) is 0. The van der Waals surface area contributed by atoms with E-state index < -0.39 is 0 Å². The highest BCUT2D eigenvalue weighted by Crippen LogP contribution is 2.20. The normalized spacial score (nSPS) is 10.0. The summed E-state index contributed by atoms with van der Waals surface area (Å²) in [6, 6.07) is 9.14. The molecule has 0 bridgehead atoms. The number of ketones is 1. The number of methoxy groups -OCH3 is 1. The van der Waals surface area contributed by atoms with Crippen molar-refractivity contribution in [1.82, 2.24) is 4.98 Å². The van der Waals surface area contributed by atoms with E-state index in [-0.39, 0.29) is 5.78 Å². The SMILES string of the molecule is COc1cnccc1C(=O)c1ccc(C)cc1. The predicted octanol–water partition coefficient (Wildman–Crippen LogP) is 2.63. The van der Waals surface area contributed by atoms with Gasteiger partial charge in [0.15, 0.2) is 5.78 Å². The standard InChI is InChI=1S/C14H13NO2/c1-10-3-5-11(6-4-10)14(16)12-7-8-15-9-13(12)17-2/h3-9H,1-2H3. The molecule has 0 unspecified atom stereocenters. The highest BCUT2D eigenvalue weighted by molar-refractivity contribution is 6.10. The van der Waals surface area contributed by atoms with Gasteiger partial charge < -0.3 is 4.74 Å². The van der Waals surface area contributed by atoms with Crippen molar-refractivity contribution in [2.24, 2.45) is 0 Å². The van der Waals surface area contributed by atoms with Crippen LogP contribution in [-0.2, 0) is 0 Å². The van der Waals surface area contributed by atoms with Gasteiger partial charge in [-0.25, -0.2) is 0 Å². The van der Waals surface area contributed by atoms with Crippen LogP contribution in [0.4, 0.5) is 0 Å². The van der Waals surface area contributed by atoms with Gasteiger partial charge in [-0.1, -0.05) is 29.8 Å². The van der Waals surface area contributed by atoms with Crippen LogP contribution in [-0.4, -0.2) is 17.9 Å². The first-order valence-electron chi connectivity index (χ1n) is 5.31. The summed E-state index contributed by atoms with van der Waals surface area (Å²) in [6.45, 7) is 1.99. The molecule has 0 amide bonds. The van der Waals surface area contributed by atoms with Gasteiger partial charge in [0.05, 0.1) is 18.9 Å². The predicted molar refractivity (Wildman–Crippen MR) is 65.4 cm³/mol. The summed E-state index contributed by atoms with van der Waals surface area (Å²) in [5, 5.41) is 0. The van der Waals surface area contributed by atoms with Gasteiger partial charge >= 0.3 is 0 Å². The van der Waals surface area contributed by atoms with Crippen molar-refractivity contribution in [3.05, 3.63) is 59.4 Å². The van der Waals surface area contributed by atoms with Crippen molar-refractivity contribution in [2.75, 3.05) is 7.11 Å². The highest BCUT2D eigenvalue weighted by atomic mass is 16.5. The Kier molecular flexibility index (Phi) is 3.19. The fourth-order valence-electron chi connectivity index (χ4n) is 1.59. The monoisotopic (exact) mass is 227 g/mol. The lowest BCUT2D eigenvalue weighted by molar-refractivity contribution is 0.103. The van der Waals surface area contributed by atoms with E-state index in [1.807, 2.05) is 31.2 Å². The Bertz CT molecular complexity index is 532. The van der Waals surface area contributed by atoms with Crippen molar-refractivity contribution in [3.8, 4) is 5.75 Å². The molecule has 0 aliphatic carbocycles. The molecule has 86 valence electrons. The third-order valence-corrected chi connectivity index (χ3v) is 2.56. The summed E-state index contributed by atoms with van der Waals surface area (Å²) in [7, 11) is 1.53. The zero-order chi connectivity index (χ0) is 12.3. The van der Waals surface area contributed by atoms with Crippen LogP contribution in [0.25, 0.3) is 0 Å². The first-order chi connectivity index (χ1) is 8.22. The minimum atomic E-state index is -0.0516. The van der Waals surface area contributed by atoms with Crippen LogP contribution in [0.3, 0.4) is 0 Å². The van der Waals surface area contributed by atoms with Gasteiger partial charge in [0, 0.05) is 11.8 Å². The molecule has 3 nitrogen and oxygen atoms in total. The van der Waals surface area contributed by atoms with Crippen LogP contribution >= 0.6 is 0 Å². The molecular weight excluding hydrogens is 214 g/mol. The quantitative estimate of drug-likeness (QED) is 0.757. The van der Waals surface area contributed by atoms with Gasteiger partial charge in [-0.3, -0.25) is 9.78 Å². The van der Waals surface area contributed by atoms with Crippen LogP contribution in [0.5, 0.6) is 5.75 Å². The molecule has 1 aromatic heterocycles. The summed E-state index contributed by atoms with van der Waals surface area (Å²) in [6.07, 6.45) is 3.13. The van der Waals surface area contributed by atoms with Crippen LogP contribution in [0, 0.1) is 6.92 Å². The van der Waals surface area contributed by atoms with Crippen molar-refractivity contribution in [3.63, 3.8) is 0 Å². The Hall–Kier alpha value is -2.16. The molecule has 0 N–H and O–H groups in total. The number of hydrogen-bond acceptors (Lipinski definition) is 3. The maximum Gasteiger partial charge on any atom is 0.196 e. The molecule has 2 aromatic rings. The van der Waals surface area contributed by atoms with Crippen LogP contribution < -0.4 is 4.74 Å². The molecule has 0 saturated carbocycles. The maximum atomic E-state index is 12.2. The molecule has 1 aromatic carbocycles. The van der Waals surface area contributed by atoms with E-state index in [0.29, 0.717) is 16.9 Å². The second kappa shape index (κ2) is 4.78. The Morgan fingerprint density at radius 1 is 1.18 bits per heavy atom. The number of aryl methyl sites for hydroxylation is 1. The number of benzene rings is 1. The van der Waals surface area contributed by atoms with Gasteiger partial charge in [-0.2, -0.15) is 0 Å². The van der Waals surface area contributed by atoms with E-state index in [1.165, 1.54) is 7.11 Å². The lowest BCUT2D eigenvalue weighted by Gasteiger charge is -2.06. The van der Waals surface area contributed by atoms with Crippen molar-refractivity contribution in [1.29, 1.82) is 0 Å².